The van der Waals surface area contributed by atoms with Gasteiger partial charge in [0.2, 0.25) is 33.6 Å². The number of pyridine rings is 1. The zero-order chi connectivity index (χ0) is 47.4. The molecule has 3 aliphatic heterocycles. The molecule has 1 aromatic carbocycles. The number of methoxy groups -OCH3 is 1. The van der Waals surface area contributed by atoms with Crippen LogP contribution in [0.15, 0.2) is 30.4 Å². The molecule has 7 rings (SSSR count). The molecule has 4 heterocycles. The van der Waals surface area contributed by atoms with Gasteiger partial charge in [0.25, 0.3) is 11.8 Å². The summed E-state index contributed by atoms with van der Waals surface area (Å²) >= 11 is 0. The Balaban J connectivity index is 0.000000851. The number of hydrogen-bond acceptors (Lipinski definition) is 11. The Morgan fingerprint density at radius 3 is 2.45 bits per heavy atom. The number of aryl methyl sites for hydroxylation is 1. The predicted molar refractivity (Wildman–Crippen MR) is 244 cm³/mol. The smallest absolute Gasteiger partial charge is 0.405 e. The summed E-state index contributed by atoms with van der Waals surface area (Å²) in [6.45, 7) is 13.5. The number of hydrogen-bond donors (Lipinski definition) is 3. The van der Waals surface area contributed by atoms with Crippen LogP contribution in [-0.2, 0) is 35.6 Å². The first-order valence-electron chi connectivity index (χ1n) is 22.5. The van der Waals surface area contributed by atoms with Gasteiger partial charge in [-0.05, 0) is 108 Å². The van der Waals surface area contributed by atoms with E-state index in [1.807, 2.05) is 44.2 Å². The van der Waals surface area contributed by atoms with E-state index >= 15 is 0 Å². The highest BCUT2D eigenvalue weighted by molar-refractivity contribution is 7.91. The highest BCUT2D eigenvalue weighted by Gasteiger charge is 2.63. The number of benzene rings is 1. The average molecular weight is 926 g/mol. The molecular formula is C46H73F2N5O10S. The Labute approximate surface area is 380 Å². The van der Waals surface area contributed by atoms with Crippen molar-refractivity contribution in [2.24, 2.45) is 23.5 Å². The fourth-order valence-electron chi connectivity index (χ4n) is 8.35. The van der Waals surface area contributed by atoms with Gasteiger partial charge in [-0.3, -0.25) is 19.1 Å². The predicted octanol–water partition coefficient (Wildman–Crippen LogP) is 7.86. The molecule has 0 unspecified atom stereocenters. The Morgan fingerprint density at radius 1 is 1.14 bits per heavy atom. The summed E-state index contributed by atoms with van der Waals surface area (Å²) in [4.78, 5) is 58.7. The van der Waals surface area contributed by atoms with Gasteiger partial charge in [0.15, 0.2) is 5.60 Å². The summed E-state index contributed by atoms with van der Waals surface area (Å²) in [5, 5.41) is 4.67. The number of rotatable bonds is 9. The van der Waals surface area contributed by atoms with Crippen molar-refractivity contribution >= 4 is 44.6 Å². The number of nitrogens with zero attached hydrogens (tertiary/aromatic N) is 2. The summed E-state index contributed by atoms with van der Waals surface area (Å²) in [7, 11) is -2.31. The second-order valence-corrected chi connectivity index (χ2v) is 20.6. The first-order chi connectivity index (χ1) is 30.0. The summed E-state index contributed by atoms with van der Waals surface area (Å²) in [5.74, 6) is -2.73. The SMILES string of the molecule is CC.CC(F)(F)C(C)(C)OC(N)=O.CC[C@H]1CC(=O)N2C[C@H](Oc3nc4c(c5cc(OC)ccc35)CCCO4)C[C@H]2C(=O)N[C@]2(C(=O)NS(=O)(=O)C3(C)CC3)C[C@H]2/C=C\CC[C@H](C)C1.[HH].[HH].[HH]. The Hall–Kier alpha value is -4.74. The molecule has 2 saturated carbocycles. The third kappa shape index (κ3) is 11.2. The van der Waals surface area contributed by atoms with Crippen LogP contribution in [0.1, 0.15) is 129 Å². The maximum atomic E-state index is 14.3. The van der Waals surface area contributed by atoms with E-state index in [0.717, 1.165) is 68.7 Å². The fourth-order valence-corrected chi connectivity index (χ4v) is 9.66. The van der Waals surface area contributed by atoms with Crippen molar-refractivity contribution in [2.75, 3.05) is 20.3 Å². The van der Waals surface area contributed by atoms with Crippen molar-refractivity contribution in [3.63, 3.8) is 0 Å². The van der Waals surface area contributed by atoms with Crippen LogP contribution in [0.3, 0.4) is 0 Å². The summed E-state index contributed by atoms with van der Waals surface area (Å²) < 4.78 is 74.8. The second kappa shape index (κ2) is 19.8. The van der Waals surface area contributed by atoms with Gasteiger partial charge in [-0.2, -0.15) is 4.98 Å². The average Bonchev–Trinajstić information content (AvgIpc) is 4.12. The minimum Gasteiger partial charge on any atom is -0.497 e. The van der Waals surface area contributed by atoms with E-state index in [0.29, 0.717) is 56.2 Å². The molecule has 0 spiro atoms. The van der Waals surface area contributed by atoms with Gasteiger partial charge in [0.1, 0.15) is 23.4 Å². The van der Waals surface area contributed by atoms with Crippen LogP contribution < -0.4 is 30.0 Å². The summed E-state index contributed by atoms with van der Waals surface area (Å²) in [6, 6.07) is 4.79. The number of aromatic nitrogens is 1. The van der Waals surface area contributed by atoms with Crippen LogP contribution in [-0.4, -0.2) is 96.3 Å². The van der Waals surface area contributed by atoms with E-state index in [9.17, 15) is 36.4 Å². The molecule has 64 heavy (non-hydrogen) atoms. The number of fused-ring (bicyclic) bond motifs is 5. The molecule has 6 atom stereocenters. The topological polar surface area (TPSA) is 206 Å². The lowest BCUT2D eigenvalue weighted by molar-refractivity contribution is -0.148. The van der Waals surface area contributed by atoms with Crippen LogP contribution in [0.5, 0.6) is 17.5 Å². The molecule has 5 aliphatic rings. The van der Waals surface area contributed by atoms with E-state index in [2.05, 4.69) is 34.4 Å². The van der Waals surface area contributed by atoms with Gasteiger partial charge in [0, 0.05) is 40.9 Å². The largest absolute Gasteiger partial charge is 0.497 e. The molecule has 2 aromatic rings. The van der Waals surface area contributed by atoms with Gasteiger partial charge in [-0.25, -0.2) is 22.0 Å². The quantitative estimate of drug-likeness (QED) is 0.207. The van der Waals surface area contributed by atoms with Crippen molar-refractivity contribution in [3.8, 4) is 17.5 Å². The Morgan fingerprint density at radius 2 is 1.84 bits per heavy atom. The number of halogens is 2. The molecule has 18 heteroatoms. The second-order valence-electron chi connectivity index (χ2n) is 18.4. The molecular weight excluding hydrogens is 853 g/mol. The van der Waals surface area contributed by atoms with E-state index in [4.69, 9.17) is 19.2 Å². The minimum absolute atomic E-state index is 0. The van der Waals surface area contributed by atoms with Gasteiger partial charge >= 0.3 is 6.09 Å². The molecule has 0 radical (unpaired) electrons. The maximum Gasteiger partial charge on any atom is 0.405 e. The van der Waals surface area contributed by atoms with Crippen molar-refractivity contribution in [2.45, 2.75) is 160 Å². The van der Waals surface area contributed by atoms with Gasteiger partial charge in [-0.15, -0.1) is 0 Å². The van der Waals surface area contributed by atoms with E-state index in [1.165, 1.54) is 0 Å². The number of amides is 4. The van der Waals surface area contributed by atoms with Gasteiger partial charge in [-0.1, -0.05) is 46.3 Å². The Kier molecular flexibility index (Phi) is 15.5. The lowest BCUT2D eigenvalue weighted by Gasteiger charge is -2.29. The fraction of sp³-hybridized carbons (Fsp3) is 0.674. The molecule has 0 bridgehead atoms. The number of alkyl halides is 2. The summed E-state index contributed by atoms with van der Waals surface area (Å²) in [5.41, 5.74) is 2.30. The normalized spacial score (nSPS) is 27.0. The highest BCUT2D eigenvalue weighted by atomic mass is 32.2. The van der Waals surface area contributed by atoms with Gasteiger partial charge < -0.3 is 34.9 Å². The summed E-state index contributed by atoms with van der Waals surface area (Å²) in [6.07, 6.45) is 9.02. The van der Waals surface area contributed by atoms with Crippen LogP contribution in [0, 0.1) is 17.8 Å². The maximum absolute atomic E-state index is 14.3. The number of carbonyl (C=O) groups excluding carboxylic acids is 4. The lowest BCUT2D eigenvalue weighted by atomic mass is 9.88. The third-order valence-corrected chi connectivity index (χ3v) is 15.4. The van der Waals surface area contributed by atoms with E-state index in [-0.39, 0.29) is 41.4 Å². The number of allylic oxidation sites excluding steroid dienone is 1. The number of primary amides is 1. The third-order valence-electron chi connectivity index (χ3n) is 13.2. The number of nitrogens with one attached hydrogen (secondary N) is 2. The molecule has 4 amide bonds. The Bertz CT molecular complexity index is 2210. The van der Waals surface area contributed by atoms with Crippen LogP contribution in [0.2, 0.25) is 0 Å². The highest BCUT2D eigenvalue weighted by Crippen LogP contribution is 2.48. The van der Waals surface area contributed by atoms with Crippen LogP contribution >= 0.6 is 0 Å². The standard InChI is InChI=1S/C38H50N4O8S.C6H11F2NO2.C2H6.3H2/c1-5-24-17-23(2)9-6-7-10-25-21-38(25,36(45)41-51(46,47)37(3)14-15-37)40-33(44)31-20-27(22-42(31)32(43)18-24)50-35-29-13-12-26(48-4)19-30(29)28-11-8-16-49-34(28)39-35;1-5(2,6(3,7)8)11-4(9)10;1-2;;;/h7,10,12-13,19,23-25,27,31H,5-6,8-9,11,14-18,20-22H2,1-4H3,(H,40,44)(H,41,45);1-3H3,(H2,9,10);1-2H3;3*1H/b10-7-;;;;;/t23-,24+,25+,27+,31-,38+;;;;;/m0...../s1. The molecule has 362 valence electrons. The van der Waals surface area contributed by atoms with Crippen molar-refractivity contribution in [3.05, 3.63) is 35.9 Å². The monoisotopic (exact) mass is 926 g/mol. The van der Waals surface area contributed by atoms with Crippen molar-refractivity contribution < 1.29 is 59.6 Å². The minimum atomic E-state index is -3.93. The van der Waals surface area contributed by atoms with Crippen LogP contribution in [0.25, 0.3) is 10.8 Å². The molecule has 2 aliphatic carbocycles. The molecule has 1 saturated heterocycles. The van der Waals surface area contributed by atoms with Gasteiger partial charge in [0.05, 0.1) is 25.0 Å². The van der Waals surface area contributed by atoms with E-state index in [1.54, 1.807) is 18.9 Å². The molecule has 1 aromatic heterocycles. The first kappa shape index (κ1) is 50.3. The van der Waals surface area contributed by atoms with Crippen molar-refractivity contribution in [1.82, 2.24) is 19.9 Å². The number of sulfonamides is 1. The number of ether oxygens (including phenoxy) is 4. The molecule has 3 fully saturated rings. The van der Waals surface area contributed by atoms with Crippen molar-refractivity contribution in [1.29, 1.82) is 0 Å². The van der Waals surface area contributed by atoms with Crippen LogP contribution in [0.4, 0.5) is 13.6 Å². The molecule has 4 N–H and O–H groups in total. The zero-order valence-electron chi connectivity index (χ0n) is 38.7. The number of carbonyl (C=O) groups is 4. The first-order valence-corrected chi connectivity index (χ1v) is 24.0. The zero-order valence-corrected chi connectivity index (χ0v) is 39.5. The lowest BCUT2D eigenvalue weighted by Crippen LogP contribution is -2.57. The molecule has 15 nitrogen and oxygen atoms in total. The number of nitrogens with two attached hydrogens (primary N) is 1. The van der Waals surface area contributed by atoms with E-state index < -0.39 is 61.9 Å².